The molecule has 6 nitrogen and oxygen atoms in total. The fourth-order valence-electron chi connectivity index (χ4n) is 1.83. The average Bonchev–Trinajstić information content (AvgIpc) is 2.83. The van der Waals surface area contributed by atoms with Crippen LogP contribution in [0.5, 0.6) is 5.88 Å². The monoisotopic (exact) mass is 282 g/mol. The predicted octanol–water partition coefficient (Wildman–Crippen LogP) is 1.32. The van der Waals surface area contributed by atoms with E-state index in [1.807, 2.05) is 6.07 Å². The van der Waals surface area contributed by atoms with E-state index in [0.717, 1.165) is 25.1 Å². The molecule has 0 aromatic carbocycles. The van der Waals surface area contributed by atoms with E-state index in [1.165, 1.54) is 0 Å². The second-order valence-electron chi connectivity index (χ2n) is 4.33. The Morgan fingerprint density at radius 2 is 2.26 bits per heavy atom. The summed E-state index contributed by atoms with van der Waals surface area (Å²) in [6, 6.07) is 3.65. The lowest BCUT2D eigenvalue weighted by Crippen LogP contribution is -2.43. The highest BCUT2D eigenvalue weighted by Gasteiger charge is 2.20. The van der Waals surface area contributed by atoms with Crippen LogP contribution >= 0.6 is 12.4 Å². The lowest BCUT2D eigenvalue weighted by molar-refractivity contribution is 0.296. The Hall–Kier alpha value is -1.66. The molecule has 1 aliphatic heterocycles. The minimum atomic E-state index is 0. The first kappa shape index (κ1) is 13.8. The number of nitrogens with one attached hydrogen (secondary N) is 1. The van der Waals surface area contributed by atoms with Crippen molar-refractivity contribution in [2.24, 2.45) is 5.92 Å². The molecule has 0 radical (unpaired) electrons. The number of pyridine rings is 1. The second kappa shape index (κ2) is 5.99. The quantitative estimate of drug-likeness (QED) is 0.912. The summed E-state index contributed by atoms with van der Waals surface area (Å²) in [7, 11) is 1.58. The molecule has 102 valence electrons. The van der Waals surface area contributed by atoms with Crippen molar-refractivity contribution in [3.63, 3.8) is 0 Å². The van der Waals surface area contributed by atoms with Crippen LogP contribution in [0.4, 0.5) is 0 Å². The molecule has 0 bridgehead atoms. The van der Waals surface area contributed by atoms with E-state index in [4.69, 9.17) is 9.26 Å². The Kier molecular flexibility index (Phi) is 4.34. The summed E-state index contributed by atoms with van der Waals surface area (Å²) in [5, 5.41) is 7.18. The normalized spacial score (nSPS) is 14.6. The van der Waals surface area contributed by atoms with Crippen LogP contribution in [0.25, 0.3) is 11.4 Å². The summed E-state index contributed by atoms with van der Waals surface area (Å²) < 4.78 is 10.2. The van der Waals surface area contributed by atoms with E-state index >= 15 is 0 Å². The van der Waals surface area contributed by atoms with Gasteiger partial charge in [0, 0.05) is 24.2 Å². The zero-order valence-electron chi connectivity index (χ0n) is 10.5. The molecule has 0 amide bonds. The summed E-state index contributed by atoms with van der Waals surface area (Å²) in [6.45, 7) is 2.06. The smallest absolute Gasteiger partial charge is 0.227 e. The van der Waals surface area contributed by atoms with Gasteiger partial charge in [-0.15, -0.1) is 12.4 Å². The number of halogens is 1. The van der Waals surface area contributed by atoms with Gasteiger partial charge in [-0.3, -0.25) is 0 Å². The molecule has 0 unspecified atom stereocenters. The highest BCUT2D eigenvalue weighted by molar-refractivity contribution is 5.85. The van der Waals surface area contributed by atoms with Gasteiger partial charge in [0.05, 0.1) is 7.11 Å². The minimum Gasteiger partial charge on any atom is -0.481 e. The minimum absolute atomic E-state index is 0. The van der Waals surface area contributed by atoms with E-state index in [2.05, 4.69) is 20.4 Å². The van der Waals surface area contributed by atoms with Gasteiger partial charge in [-0.25, -0.2) is 4.98 Å². The molecule has 0 atom stereocenters. The van der Waals surface area contributed by atoms with Crippen LogP contribution < -0.4 is 10.1 Å². The molecule has 0 aliphatic carbocycles. The molecular formula is C12H15ClN4O2. The highest BCUT2D eigenvalue weighted by Crippen LogP contribution is 2.18. The Labute approximate surface area is 117 Å². The third kappa shape index (κ3) is 3.02. The van der Waals surface area contributed by atoms with E-state index < -0.39 is 0 Å². The maximum absolute atomic E-state index is 5.23. The third-order valence-electron chi connectivity index (χ3n) is 3.00. The Bertz CT molecular complexity index is 525. The summed E-state index contributed by atoms with van der Waals surface area (Å²) >= 11 is 0. The largest absolute Gasteiger partial charge is 0.481 e. The third-order valence-corrected chi connectivity index (χ3v) is 3.00. The molecule has 0 spiro atoms. The molecule has 7 heteroatoms. The first-order valence-electron chi connectivity index (χ1n) is 5.89. The van der Waals surface area contributed by atoms with Crippen LogP contribution in [0.15, 0.2) is 22.9 Å². The van der Waals surface area contributed by atoms with Crippen molar-refractivity contribution in [3.8, 4) is 17.3 Å². The number of hydrogen-bond donors (Lipinski definition) is 1. The molecule has 3 rings (SSSR count). The molecule has 19 heavy (non-hydrogen) atoms. The van der Waals surface area contributed by atoms with Gasteiger partial charge in [0.15, 0.2) is 0 Å². The molecule has 1 N–H and O–H groups in total. The van der Waals surface area contributed by atoms with Gasteiger partial charge in [-0.05, 0) is 25.1 Å². The van der Waals surface area contributed by atoms with Crippen LogP contribution in [-0.2, 0) is 6.42 Å². The van der Waals surface area contributed by atoms with E-state index in [9.17, 15) is 0 Å². The van der Waals surface area contributed by atoms with Crippen LogP contribution in [0.2, 0.25) is 0 Å². The summed E-state index contributed by atoms with van der Waals surface area (Å²) in [6.07, 6.45) is 2.52. The SMILES string of the molecule is COc1ccc(-c2noc(CC3CNC3)n2)cn1.Cl. The Morgan fingerprint density at radius 1 is 1.42 bits per heavy atom. The fraction of sp³-hybridized carbons (Fsp3) is 0.417. The second-order valence-corrected chi connectivity index (χ2v) is 4.33. The molecule has 2 aromatic rings. The standard InChI is InChI=1S/C12H14N4O2.ClH/c1-17-10-3-2-9(7-14-10)12-15-11(18-16-12)4-8-5-13-6-8;/h2-3,7-8,13H,4-6H2,1H3;1H. The van der Waals surface area contributed by atoms with Gasteiger partial charge in [-0.2, -0.15) is 4.98 Å². The van der Waals surface area contributed by atoms with Crippen LogP contribution in [0.1, 0.15) is 5.89 Å². The number of rotatable bonds is 4. The number of ether oxygens (including phenoxy) is 1. The van der Waals surface area contributed by atoms with Crippen molar-refractivity contribution >= 4 is 12.4 Å². The molecule has 1 aliphatic rings. The van der Waals surface area contributed by atoms with E-state index in [0.29, 0.717) is 23.5 Å². The first-order chi connectivity index (χ1) is 8.85. The van der Waals surface area contributed by atoms with Crippen molar-refractivity contribution in [2.45, 2.75) is 6.42 Å². The zero-order valence-corrected chi connectivity index (χ0v) is 11.3. The van der Waals surface area contributed by atoms with Gasteiger partial charge in [0.2, 0.25) is 17.6 Å². The van der Waals surface area contributed by atoms with Gasteiger partial charge >= 0.3 is 0 Å². The van der Waals surface area contributed by atoms with Gasteiger partial charge in [0.1, 0.15) is 0 Å². The molecular weight excluding hydrogens is 268 g/mol. The van der Waals surface area contributed by atoms with Gasteiger partial charge in [-0.1, -0.05) is 5.16 Å². The molecule has 1 fully saturated rings. The topological polar surface area (TPSA) is 73.1 Å². The maximum atomic E-state index is 5.23. The van der Waals surface area contributed by atoms with Gasteiger partial charge in [0.25, 0.3) is 0 Å². The summed E-state index contributed by atoms with van der Waals surface area (Å²) in [5.41, 5.74) is 0.831. The van der Waals surface area contributed by atoms with Crippen LogP contribution in [-0.4, -0.2) is 35.3 Å². The van der Waals surface area contributed by atoms with Crippen LogP contribution in [0.3, 0.4) is 0 Å². The molecule has 0 saturated carbocycles. The van der Waals surface area contributed by atoms with Crippen LogP contribution in [0, 0.1) is 5.92 Å². The van der Waals surface area contributed by atoms with Crippen molar-refractivity contribution in [1.29, 1.82) is 0 Å². The first-order valence-corrected chi connectivity index (χ1v) is 5.89. The Balaban J connectivity index is 0.00000133. The number of hydrogen-bond acceptors (Lipinski definition) is 6. The average molecular weight is 283 g/mol. The zero-order chi connectivity index (χ0) is 12.4. The number of nitrogens with zero attached hydrogens (tertiary/aromatic N) is 3. The van der Waals surface area contributed by atoms with Crippen molar-refractivity contribution in [3.05, 3.63) is 24.2 Å². The van der Waals surface area contributed by atoms with E-state index in [1.54, 1.807) is 19.4 Å². The molecule has 3 heterocycles. The Morgan fingerprint density at radius 3 is 2.84 bits per heavy atom. The van der Waals surface area contributed by atoms with E-state index in [-0.39, 0.29) is 12.4 Å². The summed E-state index contributed by atoms with van der Waals surface area (Å²) in [4.78, 5) is 8.49. The number of aromatic nitrogens is 3. The van der Waals surface area contributed by atoms with Crippen molar-refractivity contribution in [1.82, 2.24) is 20.4 Å². The van der Waals surface area contributed by atoms with Crippen molar-refractivity contribution in [2.75, 3.05) is 20.2 Å². The molecule has 1 saturated heterocycles. The van der Waals surface area contributed by atoms with Gasteiger partial charge < -0.3 is 14.6 Å². The maximum Gasteiger partial charge on any atom is 0.227 e. The lowest BCUT2D eigenvalue weighted by atomic mass is 10.00. The highest BCUT2D eigenvalue weighted by atomic mass is 35.5. The predicted molar refractivity (Wildman–Crippen MR) is 71.4 cm³/mol. The molecule has 2 aromatic heterocycles. The summed E-state index contributed by atoms with van der Waals surface area (Å²) in [5.74, 6) is 2.45. The number of methoxy groups -OCH3 is 1. The lowest BCUT2D eigenvalue weighted by Gasteiger charge is -2.25. The fourth-order valence-corrected chi connectivity index (χ4v) is 1.83. The van der Waals surface area contributed by atoms with Crippen molar-refractivity contribution < 1.29 is 9.26 Å².